The highest BCUT2D eigenvalue weighted by atomic mass is 32.5. The van der Waals surface area contributed by atoms with Crippen LogP contribution in [0.4, 0.5) is 10.2 Å². The van der Waals surface area contributed by atoms with E-state index in [2.05, 4.69) is 22.0 Å². The summed E-state index contributed by atoms with van der Waals surface area (Å²) in [6.07, 6.45) is -8.89. The molecule has 5 unspecified atom stereocenters. The fourth-order valence-corrected chi connectivity index (χ4v) is 10.1. The number of carbonyl (C=O) groups excluding carboxylic acids is 4. The minimum atomic E-state index is -5.76. The van der Waals surface area contributed by atoms with Crippen molar-refractivity contribution < 1.29 is 89.9 Å². The van der Waals surface area contributed by atoms with Gasteiger partial charge in [0.05, 0.1) is 6.61 Å². The number of aliphatic hydroxyl groups excluding tert-OH is 2. The van der Waals surface area contributed by atoms with E-state index in [9.17, 15) is 43.7 Å². The summed E-state index contributed by atoms with van der Waals surface area (Å²) in [6.45, 7) is -1.87. The van der Waals surface area contributed by atoms with Gasteiger partial charge in [0.15, 0.2) is 30.3 Å². The van der Waals surface area contributed by atoms with Crippen LogP contribution in [0.1, 0.15) is 104 Å². The molecule has 6 N–H and O–H groups in total. The first-order chi connectivity index (χ1) is 29.6. The van der Waals surface area contributed by atoms with Gasteiger partial charge in [-0.25, -0.2) is 23.2 Å². The largest absolute Gasteiger partial charge is 0.481 e. The molecule has 2 aliphatic rings. The second-order valence-corrected chi connectivity index (χ2v) is 19.3. The Morgan fingerprint density at radius 3 is 2.11 bits per heavy atom. The minimum absolute atomic E-state index is 0.0304. The Kier molecular flexibility index (Phi) is 19.7. The lowest BCUT2D eigenvalue weighted by atomic mass is 9.95. The number of fused-ring (bicyclic) bond motifs is 1. The van der Waals surface area contributed by atoms with Gasteiger partial charge in [-0.15, -0.1) is 0 Å². The molecule has 2 fully saturated rings. The molecule has 2 aromatic rings. The number of esters is 4. The van der Waals surface area contributed by atoms with Gasteiger partial charge in [0.25, 0.3) is 0 Å². The Bertz CT molecular complexity index is 1980. The van der Waals surface area contributed by atoms with Crippen molar-refractivity contribution in [3.05, 3.63) is 12.0 Å². The van der Waals surface area contributed by atoms with Crippen molar-refractivity contribution in [2.24, 2.45) is 7.05 Å². The maximum atomic E-state index is 16.1. The average molecular weight is 960 g/mol. The van der Waals surface area contributed by atoms with Crippen molar-refractivity contribution in [1.29, 1.82) is 0 Å². The zero-order valence-corrected chi connectivity index (χ0v) is 38.0. The Labute approximate surface area is 367 Å². The molecule has 356 valence electrons. The standard InChI is InChI=1S/C36H56FN5O18P2S/c1-6-7-8-9-10-11-12-13-14-15-24(46)52-16-22(37)30-32(54-19(2)43)33(55-20(3)44)34(56-21(4)45)36(58-30)59-61(49,50)60-62(51,63)53-17-23-28(47)29(48)31(57-23)26-25-27(42(5)41-26)35(38)40-18-39-25/h18,22-23,28-34,36,47-48H,6-17H2,1-5H3,(H,49,50)(H,51,63)(H2,38,39,40)/t22-,23+,28-,29?,30?,31-,32+,33?,34+,36-,62?/m0/s1. The number of hydrogen-bond acceptors (Lipinski definition) is 21. The van der Waals surface area contributed by atoms with E-state index in [1.165, 1.54) is 24.6 Å². The second-order valence-electron chi connectivity index (χ2n) is 14.9. The predicted octanol–water partition coefficient (Wildman–Crippen LogP) is 2.80. The smallest absolute Gasteiger partial charge is 0.462 e. The summed E-state index contributed by atoms with van der Waals surface area (Å²) in [5.74, 6) is -3.90. The topological polar surface area (TPSA) is 319 Å². The van der Waals surface area contributed by atoms with Crippen LogP contribution in [0, 0.1) is 0 Å². The highest BCUT2D eigenvalue weighted by Gasteiger charge is 2.57. The molecule has 23 nitrogen and oxygen atoms in total. The number of rotatable bonds is 24. The number of aromatic nitrogens is 4. The molecule has 0 radical (unpaired) electrons. The van der Waals surface area contributed by atoms with Gasteiger partial charge in [-0.2, -0.15) is 5.10 Å². The summed E-state index contributed by atoms with van der Waals surface area (Å²) in [7, 11) is -4.22. The number of nitrogen functional groups attached to an aromatic ring is 1. The number of phosphoric ester groups is 1. The Hall–Kier alpha value is -3.32. The number of carbonyl (C=O) groups is 4. The van der Waals surface area contributed by atoms with Gasteiger partial charge >= 0.3 is 38.4 Å². The molecule has 0 amide bonds. The third kappa shape index (κ3) is 15.1. The zero-order valence-electron chi connectivity index (χ0n) is 35.4. The number of aliphatic hydroxyl groups is 2. The van der Waals surface area contributed by atoms with Crippen molar-refractivity contribution in [3.8, 4) is 0 Å². The van der Waals surface area contributed by atoms with E-state index in [0.717, 1.165) is 65.6 Å². The number of unbranched alkanes of at least 4 members (excludes halogenated alkanes) is 8. The van der Waals surface area contributed by atoms with Gasteiger partial charge in [-0.3, -0.25) is 28.4 Å². The first kappa shape index (κ1) is 52.3. The molecule has 0 bridgehead atoms. The number of phosphoric acid groups is 1. The molecule has 0 spiro atoms. The number of anilines is 1. The van der Waals surface area contributed by atoms with Crippen LogP contribution in [0.3, 0.4) is 0 Å². The summed E-state index contributed by atoms with van der Waals surface area (Å²) in [5.41, 5.74) is 6.52. The number of halogens is 1. The van der Waals surface area contributed by atoms with Crippen molar-refractivity contribution in [3.63, 3.8) is 0 Å². The van der Waals surface area contributed by atoms with Crippen molar-refractivity contribution >= 4 is 67.1 Å². The third-order valence-corrected chi connectivity index (χ3v) is 13.4. The average Bonchev–Trinajstić information content (AvgIpc) is 3.67. The molecular formula is C36H56FN5O18P2S. The Balaban J connectivity index is 1.44. The normalized spacial score (nSPS) is 27.2. The van der Waals surface area contributed by atoms with Crippen LogP contribution in [-0.4, -0.2) is 132 Å². The lowest BCUT2D eigenvalue weighted by Crippen LogP contribution is -2.64. The summed E-state index contributed by atoms with van der Waals surface area (Å²) < 4.78 is 78.1. The molecule has 4 rings (SSSR count). The Morgan fingerprint density at radius 1 is 0.905 bits per heavy atom. The summed E-state index contributed by atoms with van der Waals surface area (Å²) in [5, 5.41) is 25.9. The van der Waals surface area contributed by atoms with E-state index in [-0.39, 0.29) is 23.4 Å². The monoisotopic (exact) mass is 959 g/mol. The molecule has 0 aromatic carbocycles. The van der Waals surface area contributed by atoms with Gasteiger partial charge in [0, 0.05) is 34.2 Å². The summed E-state index contributed by atoms with van der Waals surface area (Å²) in [6, 6.07) is 0. The van der Waals surface area contributed by atoms with Crippen LogP contribution in [0.2, 0.25) is 0 Å². The Morgan fingerprint density at radius 2 is 1.49 bits per heavy atom. The lowest BCUT2D eigenvalue weighted by Gasteiger charge is -2.45. The molecule has 2 aromatic heterocycles. The molecule has 12 atom stereocenters. The molecular weight excluding hydrogens is 903 g/mol. The summed E-state index contributed by atoms with van der Waals surface area (Å²) in [4.78, 5) is 79.0. The quantitative estimate of drug-likeness (QED) is 0.0437. The van der Waals surface area contributed by atoms with Crippen molar-refractivity contribution in [2.75, 3.05) is 18.9 Å². The number of nitrogens with zero attached hydrogens (tertiary/aromatic N) is 4. The fourth-order valence-electron chi connectivity index (χ4n) is 7.03. The molecule has 0 saturated carbocycles. The van der Waals surface area contributed by atoms with Gasteiger partial charge in [-0.05, 0) is 18.2 Å². The molecule has 0 aliphatic carbocycles. The minimum Gasteiger partial charge on any atom is -0.462 e. The van der Waals surface area contributed by atoms with Crippen LogP contribution in [-0.2, 0) is 84.4 Å². The predicted molar refractivity (Wildman–Crippen MR) is 218 cm³/mol. The third-order valence-electron chi connectivity index (χ3n) is 9.83. The molecule has 2 aliphatic heterocycles. The van der Waals surface area contributed by atoms with E-state index < -0.39 is 113 Å². The van der Waals surface area contributed by atoms with Crippen molar-refractivity contribution in [2.45, 2.75) is 153 Å². The molecule has 63 heavy (non-hydrogen) atoms. The summed E-state index contributed by atoms with van der Waals surface area (Å²) >= 11 is 4.91. The van der Waals surface area contributed by atoms with Crippen LogP contribution < -0.4 is 5.73 Å². The first-order valence-corrected chi connectivity index (χ1v) is 24.3. The van der Waals surface area contributed by atoms with E-state index in [1.807, 2.05) is 0 Å². The van der Waals surface area contributed by atoms with Gasteiger partial charge < -0.3 is 58.7 Å². The SMILES string of the molecule is CCCCCCCCCCCC(=O)OC[C@H](F)C1O[C@@H](OP(=O)(O)OP(O)(=S)OC[C@H]2O[C@@H](c3nn(C)c4c(N)ncnc34)C(O)[C@H]2O)[C@H](OC(C)=O)C(OC(C)=O)[C@@H]1OC(C)=O. The van der Waals surface area contributed by atoms with E-state index >= 15 is 4.39 Å². The number of nitrogens with two attached hydrogens (primary N) is 1. The number of aryl methyl sites for hydroxylation is 1. The van der Waals surface area contributed by atoms with Crippen LogP contribution in [0.25, 0.3) is 11.0 Å². The maximum Gasteiger partial charge on any atom is 0.481 e. The highest BCUT2D eigenvalue weighted by molar-refractivity contribution is 8.08. The van der Waals surface area contributed by atoms with Crippen LogP contribution in [0.15, 0.2) is 6.33 Å². The number of ether oxygens (including phenoxy) is 6. The van der Waals surface area contributed by atoms with Crippen LogP contribution in [0.5, 0.6) is 0 Å². The second kappa shape index (κ2) is 23.7. The van der Waals surface area contributed by atoms with Gasteiger partial charge in [-0.1, -0.05) is 58.3 Å². The van der Waals surface area contributed by atoms with Crippen LogP contribution >= 0.6 is 14.5 Å². The van der Waals surface area contributed by atoms with Crippen molar-refractivity contribution in [1.82, 2.24) is 19.7 Å². The maximum absolute atomic E-state index is 16.1. The highest BCUT2D eigenvalue weighted by Crippen LogP contribution is 2.62. The van der Waals surface area contributed by atoms with Gasteiger partial charge in [0.2, 0.25) is 6.29 Å². The lowest BCUT2D eigenvalue weighted by molar-refractivity contribution is -0.296. The molecule has 27 heteroatoms. The molecule has 4 heterocycles. The van der Waals surface area contributed by atoms with Gasteiger partial charge in [0.1, 0.15) is 60.2 Å². The van der Waals surface area contributed by atoms with E-state index in [0.29, 0.717) is 11.9 Å². The fraction of sp³-hybridized carbons (Fsp3) is 0.750. The van der Waals surface area contributed by atoms with E-state index in [1.54, 1.807) is 0 Å². The zero-order chi connectivity index (χ0) is 46.6. The number of alkyl halides is 1. The first-order valence-electron chi connectivity index (χ1n) is 20.3. The number of hydrogen-bond donors (Lipinski definition) is 5. The van der Waals surface area contributed by atoms with E-state index in [4.69, 9.17) is 59.3 Å². The molecule has 2 saturated heterocycles.